The fraction of sp³-hybridized carbons (Fsp3) is 0.731. The summed E-state index contributed by atoms with van der Waals surface area (Å²) in [6, 6.07) is 0. The molecule has 0 spiro atoms. The van der Waals surface area contributed by atoms with Gasteiger partial charge in [0.05, 0.1) is 11.4 Å². The van der Waals surface area contributed by atoms with Crippen LogP contribution in [0.25, 0.3) is 0 Å². The first-order valence-electron chi connectivity index (χ1n) is 12.0. The van der Waals surface area contributed by atoms with E-state index in [-0.39, 0.29) is 41.6 Å². The molecule has 0 bridgehead atoms. The van der Waals surface area contributed by atoms with Crippen molar-refractivity contribution in [1.29, 1.82) is 0 Å². The van der Waals surface area contributed by atoms with E-state index in [0.29, 0.717) is 25.7 Å². The van der Waals surface area contributed by atoms with Crippen molar-refractivity contribution in [1.82, 2.24) is 0 Å². The van der Waals surface area contributed by atoms with E-state index in [2.05, 4.69) is 15.9 Å². The molecule has 0 aromatic carbocycles. The minimum Gasteiger partial charge on any atom is -0.450 e. The Balaban J connectivity index is 1.83. The second-order valence-corrected chi connectivity index (χ2v) is 11.5. The molecule has 3 saturated carbocycles. The van der Waals surface area contributed by atoms with Gasteiger partial charge in [-0.3, -0.25) is 14.4 Å². The SMILES string of the molecule is CCCC(=O)O[C@]1(C(=O)CBr)[C@@H](C)C[C@H]2[C@@H]3CCC4=CC(=O)C=C[C@]4(C)[C@@]3(F)[C@@H](O)C[C@@]21C. The summed E-state index contributed by atoms with van der Waals surface area (Å²) in [5.41, 5.74) is -4.65. The van der Waals surface area contributed by atoms with Crippen molar-refractivity contribution in [2.45, 2.75) is 83.6 Å². The maximum Gasteiger partial charge on any atom is 0.306 e. The standard InChI is InChI=1S/C26H34BrFO5/c1-5-6-22(32)33-26(21(31)14-27)15(2)11-19-18-8-7-16-12-17(29)9-10-23(16,3)25(18,28)20(30)13-24(19,26)4/h9-10,12,15,18-20,30H,5-8,11,13-14H2,1-4H3/t15-,18-,19-,20-,23-,24-,25-,26-/m0/s1. The Bertz CT molecular complexity index is 945. The molecule has 0 aromatic rings. The van der Waals surface area contributed by atoms with Gasteiger partial charge in [0.15, 0.2) is 22.8 Å². The van der Waals surface area contributed by atoms with Crippen molar-refractivity contribution in [3.8, 4) is 0 Å². The fourth-order valence-corrected chi connectivity index (χ4v) is 8.35. The summed E-state index contributed by atoms with van der Waals surface area (Å²) in [7, 11) is 0. The summed E-state index contributed by atoms with van der Waals surface area (Å²) < 4.78 is 23.3. The van der Waals surface area contributed by atoms with Crippen LogP contribution in [0.1, 0.15) is 66.2 Å². The lowest BCUT2D eigenvalue weighted by atomic mass is 9.44. The van der Waals surface area contributed by atoms with Crippen LogP contribution in [0.3, 0.4) is 0 Å². The highest BCUT2D eigenvalue weighted by molar-refractivity contribution is 9.09. The number of ketones is 2. The van der Waals surface area contributed by atoms with E-state index in [1.165, 1.54) is 12.2 Å². The van der Waals surface area contributed by atoms with Crippen molar-refractivity contribution in [2.75, 3.05) is 5.33 Å². The highest BCUT2D eigenvalue weighted by Crippen LogP contribution is 2.71. The molecule has 1 N–H and O–H groups in total. The molecular formula is C26H34BrFO5. The predicted octanol–water partition coefficient (Wildman–Crippen LogP) is 4.65. The van der Waals surface area contributed by atoms with E-state index in [1.54, 1.807) is 13.0 Å². The number of Topliss-reactive ketones (excluding diaryl/α,β-unsaturated/α-hetero) is 1. The zero-order valence-corrected chi connectivity index (χ0v) is 21.4. The topological polar surface area (TPSA) is 80.7 Å². The van der Waals surface area contributed by atoms with Crippen LogP contribution in [0.4, 0.5) is 4.39 Å². The third kappa shape index (κ3) is 3.06. The Morgan fingerprint density at radius 1 is 1.30 bits per heavy atom. The fourth-order valence-electron chi connectivity index (χ4n) is 7.93. The van der Waals surface area contributed by atoms with Gasteiger partial charge in [0, 0.05) is 29.1 Å². The third-order valence-electron chi connectivity index (χ3n) is 9.45. The van der Waals surface area contributed by atoms with Crippen LogP contribution < -0.4 is 0 Å². The number of ether oxygens (including phenoxy) is 1. The molecule has 4 aliphatic rings. The van der Waals surface area contributed by atoms with Crippen LogP contribution in [0.5, 0.6) is 0 Å². The van der Waals surface area contributed by atoms with Crippen LogP contribution in [-0.2, 0) is 19.1 Å². The molecule has 4 aliphatic carbocycles. The van der Waals surface area contributed by atoms with Gasteiger partial charge in [0.25, 0.3) is 0 Å². The van der Waals surface area contributed by atoms with Gasteiger partial charge in [-0.15, -0.1) is 0 Å². The summed E-state index contributed by atoms with van der Waals surface area (Å²) >= 11 is 3.29. The zero-order valence-electron chi connectivity index (χ0n) is 19.8. The number of hydrogen-bond donors (Lipinski definition) is 1. The minimum absolute atomic E-state index is 0.0117. The molecule has 8 atom stereocenters. The summed E-state index contributed by atoms with van der Waals surface area (Å²) in [4.78, 5) is 38.2. The third-order valence-corrected chi connectivity index (χ3v) is 9.95. The maximum absolute atomic E-state index is 17.3. The van der Waals surface area contributed by atoms with Crippen LogP contribution in [0.15, 0.2) is 23.8 Å². The van der Waals surface area contributed by atoms with Gasteiger partial charge in [-0.1, -0.05) is 48.4 Å². The van der Waals surface area contributed by atoms with Gasteiger partial charge in [-0.05, 0) is 57.1 Å². The lowest BCUT2D eigenvalue weighted by molar-refractivity contribution is -0.227. The van der Waals surface area contributed by atoms with Crippen molar-refractivity contribution < 1.29 is 28.6 Å². The highest BCUT2D eigenvalue weighted by atomic mass is 79.9. The van der Waals surface area contributed by atoms with E-state index in [1.807, 2.05) is 20.8 Å². The molecule has 7 heteroatoms. The van der Waals surface area contributed by atoms with E-state index < -0.39 is 40.1 Å². The molecule has 0 aromatic heterocycles. The average molecular weight is 525 g/mol. The normalized spacial score (nSPS) is 46.2. The number of hydrogen-bond acceptors (Lipinski definition) is 5. The predicted molar refractivity (Wildman–Crippen MR) is 125 cm³/mol. The minimum atomic E-state index is -1.97. The number of carbonyl (C=O) groups is 3. The van der Waals surface area contributed by atoms with Gasteiger partial charge in [0.1, 0.15) is 0 Å². The van der Waals surface area contributed by atoms with Crippen LogP contribution in [0, 0.1) is 28.6 Å². The molecule has 0 saturated heterocycles. The first kappa shape index (κ1) is 24.8. The molecule has 0 amide bonds. The Morgan fingerprint density at radius 3 is 2.64 bits per heavy atom. The highest BCUT2D eigenvalue weighted by Gasteiger charge is 2.77. The van der Waals surface area contributed by atoms with E-state index >= 15 is 4.39 Å². The quantitative estimate of drug-likeness (QED) is 0.418. The molecular weight excluding hydrogens is 491 g/mol. The first-order chi connectivity index (χ1) is 15.4. The summed E-state index contributed by atoms with van der Waals surface area (Å²) in [5.74, 6) is -1.89. The molecule has 0 aliphatic heterocycles. The second-order valence-electron chi connectivity index (χ2n) is 10.9. The molecule has 182 valence electrons. The number of rotatable bonds is 5. The lowest BCUT2D eigenvalue weighted by Gasteiger charge is -2.62. The number of fused-ring (bicyclic) bond motifs is 5. The molecule has 5 nitrogen and oxygen atoms in total. The summed E-state index contributed by atoms with van der Waals surface area (Å²) in [6.45, 7) is 7.46. The summed E-state index contributed by atoms with van der Waals surface area (Å²) in [5, 5.41) is 11.5. The van der Waals surface area contributed by atoms with Gasteiger partial charge < -0.3 is 9.84 Å². The molecule has 0 radical (unpaired) electrons. The number of alkyl halides is 2. The average Bonchev–Trinajstić information content (AvgIpc) is 2.97. The number of aliphatic hydroxyl groups is 1. The van der Waals surface area contributed by atoms with Crippen molar-refractivity contribution in [3.63, 3.8) is 0 Å². The first-order valence-corrected chi connectivity index (χ1v) is 13.2. The van der Waals surface area contributed by atoms with Gasteiger partial charge in [0.2, 0.25) is 0 Å². The largest absolute Gasteiger partial charge is 0.450 e. The Labute approximate surface area is 203 Å². The van der Waals surface area contributed by atoms with E-state index in [4.69, 9.17) is 4.74 Å². The monoisotopic (exact) mass is 524 g/mol. The lowest BCUT2D eigenvalue weighted by Crippen LogP contribution is -2.70. The zero-order chi connectivity index (χ0) is 24.4. The molecule has 33 heavy (non-hydrogen) atoms. The number of allylic oxidation sites excluding steroid dienone is 4. The molecule has 3 fully saturated rings. The van der Waals surface area contributed by atoms with Gasteiger partial charge in [-0.25, -0.2) is 4.39 Å². The second kappa shape index (κ2) is 8.11. The van der Waals surface area contributed by atoms with Crippen LogP contribution in [-0.4, -0.2) is 45.3 Å². The molecule has 4 rings (SSSR count). The Morgan fingerprint density at radius 2 is 2.00 bits per heavy atom. The van der Waals surface area contributed by atoms with Crippen molar-refractivity contribution >= 4 is 33.5 Å². The smallest absolute Gasteiger partial charge is 0.306 e. The van der Waals surface area contributed by atoms with Crippen molar-refractivity contribution in [3.05, 3.63) is 23.8 Å². The van der Waals surface area contributed by atoms with E-state index in [0.717, 1.165) is 5.57 Å². The summed E-state index contributed by atoms with van der Waals surface area (Å²) in [6.07, 6.45) is 5.56. The molecule has 0 unspecified atom stereocenters. The number of esters is 1. The maximum atomic E-state index is 17.3. The van der Waals surface area contributed by atoms with Gasteiger partial charge >= 0.3 is 5.97 Å². The number of carbonyl (C=O) groups excluding carboxylic acids is 3. The Hall–Kier alpha value is -1.34. The number of aliphatic hydroxyl groups excluding tert-OH is 1. The number of halogens is 2. The van der Waals surface area contributed by atoms with Crippen LogP contribution >= 0.6 is 15.9 Å². The van der Waals surface area contributed by atoms with E-state index in [9.17, 15) is 19.5 Å². The van der Waals surface area contributed by atoms with Gasteiger partial charge in [-0.2, -0.15) is 0 Å². The molecule has 0 heterocycles. The van der Waals surface area contributed by atoms with Crippen molar-refractivity contribution in [2.24, 2.45) is 28.6 Å². The van der Waals surface area contributed by atoms with Crippen LogP contribution in [0.2, 0.25) is 0 Å². The Kier molecular flexibility index (Phi) is 6.09.